The molecule has 5 heteroatoms. The second-order valence-electron chi connectivity index (χ2n) is 15.7. The second kappa shape index (κ2) is 13.6. The van der Waals surface area contributed by atoms with Gasteiger partial charge in [0.15, 0.2) is 0 Å². The number of fused-ring (bicyclic) bond motifs is 7. The van der Waals surface area contributed by atoms with Crippen LogP contribution in [0.3, 0.4) is 0 Å². The van der Waals surface area contributed by atoms with E-state index < -0.39 is 0 Å². The minimum atomic E-state index is 0.0360. The maximum Gasteiger partial charge on any atom is 0.252 e. The van der Waals surface area contributed by atoms with Gasteiger partial charge in [0.2, 0.25) is 0 Å². The van der Waals surface area contributed by atoms with E-state index in [2.05, 4.69) is 238 Å². The summed E-state index contributed by atoms with van der Waals surface area (Å²) < 4.78 is 2.55. The Morgan fingerprint density at radius 1 is 0.441 bits per heavy atom. The highest BCUT2D eigenvalue weighted by atomic mass is 15.2. The van der Waals surface area contributed by atoms with Gasteiger partial charge in [-0.2, -0.15) is 0 Å². The lowest BCUT2D eigenvalue weighted by Crippen LogP contribution is -2.61. The number of hydrogen-bond acceptors (Lipinski definition) is 3. The summed E-state index contributed by atoms with van der Waals surface area (Å²) in [5.74, 6) is 0. The zero-order valence-electron chi connectivity index (χ0n) is 32.4. The number of rotatable bonds is 6. The molecule has 0 amide bonds. The van der Waals surface area contributed by atoms with Gasteiger partial charge in [0.1, 0.15) is 0 Å². The molecule has 1 unspecified atom stereocenters. The Morgan fingerprint density at radius 2 is 1.07 bits per heavy atom. The first-order valence-corrected chi connectivity index (χ1v) is 20.6. The van der Waals surface area contributed by atoms with E-state index >= 15 is 0 Å². The molecular formula is C54H39BN4. The summed E-state index contributed by atoms with van der Waals surface area (Å²) in [6.07, 6.45) is 9.95. The van der Waals surface area contributed by atoms with Gasteiger partial charge in [-0.15, -0.1) is 0 Å². The van der Waals surface area contributed by atoms with Crippen LogP contribution in [0.4, 0.5) is 51.2 Å². The summed E-state index contributed by atoms with van der Waals surface area (Å²) >= 11 is 0. The Morgan fingerprint density at radius 3 is 1.81 bits per heavy atom. The Kier molecular flexibility index (Phi) is 7.73. The molecule has 3 heterocycles. The Labute approximate surface area is 344 Å². The largest absolute Gasteiger partial charge is 0.333 e. The van der Waals surface area contributed by atoms with Crippen LogP contribution in [-0.2, 0) is 0 Å². The van der Waals surface area contributed by atoms with E-state index in [4.69, 9.17) is 0 Å². The lowest BCUT2D eigenvalue weighted by atomic mass is 9.33. The highest BCUT2D eigenvalue weighted by molar-refractivity contribution is 7.00. The number of benzene rings is 8. The van der Waals surface area contributed by atoms with Crippen molar-refractivity contribution in [2.24, 2.45) is 0 Å². The maximum atomic E-state index is 2.55. The van der Waals surface area contributed by atoms with Crippen LogP contribution in [0.25, 0.3) is 21.8 Å². The smallest absolute Gasteiger partial charge is 0.252 e. The molecule has 3 aliphatic rings. The zero-order chi connectivity index (χ0) is 38.9. The molecule has 4 nitrogen and oxygen atoms in total. The van der Waals surface area contributed by atoms with Crippen LogP contribution in [-0.4, -0.2) is 11.3 Å². The highest BCUT2D eigenvalue weighted by Crippen LogP contribution is 2.47. The first-order chi connectivity index (χ1) is 29.3. The number of anilines is 9. The fourth-order valence-electron chi connectivity index (χ4n) is 9.99. The van der Waals surface area contributed by atoms with E-state index in [0.717, 1.165) is 34.9 Å². The van der Waals surface area contributed by atoms with Gasteiger partial charge in [0.05, 0.1) is 11.6 Å². The summed E-state index contributed by atoms with van der Waals surface area (Å²) in [7, 11) is 0. The summed E-state index contributed by atoms with van der Waals surface area (Å²) in [5, 5.41) is 2.58. The van der Waals surface area contributed by atoms with Crippen LogP contribution in [0.1, 0.15) is 12.5 Å². The molecule has 278 valence electrons. The van der Waals surface area contributed by atoms with Gasteiger partial charge in [0.25, 0.3) is 6.71 Å². The van der Waals surface area contributed by atoms with Gasteiger partial charge in [-0.25, -0.2) is 0 Å². The topological polar surface area (TPSA) is 14.7 Å². The molecule has 12 rings (SSSR count). The first-order valence-electron chi connectivity index (χ1n) is 20.6. The molecule has 0 saturated heterocycles. The monoisotopic (exact) mass is 754 g/mol. The van der Waals surface area contributed by atoms with Crippen LogP contribution >= 0.6 is 0 Å². The fourth-order valence-corrected chi connectivity index (χ4v) is 9.99. The van der Waals surface area contributed by atoms with Gasteiger partial charge in [-0.1, -0.05) is 133 Å². The summed E-state index contributed by atoms with van der Waals surface area (Å²) in [6.45, 7) is 0.0360. The molecular weight excluding hydrogens is 715 g/mol. The van der Waals surface area contributed by atoms with Gasteiger partial charge in [-0.05, 0) is 108 Å². The molecule has 0 radical (unpaired) electrons. The number of nitrogens with zero attached hydrogens (tertiary/aromatic N) is 4. The first kappa shape index (κ1) is 33.6. The van der Waals surface area contributed by atoms with Crippen molar-refractivity contribution in [1.29, 1.82) is 0 Å². The van der Waals surface area contributed by atoms with Crippen molar-refractivity contribution < 1.29 is 0 Å². The molecule has 59 heavy (non-hydrogen) atoms. The van der Waals surface area contributed by atoms with Crippen LogP contribution in [0.5, 0.6) is 0 Å². The standard InChI is InChI=1S/C54H39BN4/c1-5-18-38(19-6-1)56(39-20-7-2-8-21-39)42-33-35-47-53(37-42)58(41-24-11-4-12-25-41)50-30-17-31-51-54(50)55(47)46-27-14-16-29-49(46)59(51)43-32-34-45-44-26-13-15-28-48(44)57(52(45)36-43)40-22-9-3-10-23-40/h1-22,24-37,40H,23H2. The van der Waals surface area contributed by atoms with Gasteiger partial charge >= 0.3 is 0 Å². The number of allylic oxidation sites excluding steroid dienone is 4. The van der Waals surface area contributed by atoms with Gasteiger partial charge < -0.3 is 19.3 Å². The van der Waals surface area contributed by atoms with Gasteiger partial charge in [0, 0.05) is 67.5 Å². The summed E-state index contributed by atoms with van der Waals surface area (Å²) in [6, 6.07) is 71.5. The Balaban J connectivity index is 1.08. The van der Waals surface area contributed by atoms with E-state index in [1.54, 1.807) is 0 Å². The van der Waals surface area contributed by atoms with Crippen molar-refractivity contribution in [2.45, 2.75) is 12.5 Å². The molecule has 1 aromatic heterocycles. The predicted octanol–water partition coefficient (Wildman–Crippen LogP) is 12.4. The second-order valence-corrected chi connectivity index (χ2v) is 15.7. The van der Waals surface area contributed by atoms with E-state index in [0.29, 0.717) is 0 Å². The van der Waals surface area contributed by atoms with Crippen molar-refractivity contribution in [2.75, 3.05) is 14.7 Å². The van der Waals surface area contributed by atoms with Crippen LogP contribution in [0, 0.1) is 0 Å². The Hall–Kier alpha value is -7.50. The fraction of sp³-hybridized carbons (Fsp3) is 0.0370. The maximum absolute atomic E-state index is 2.55. The van der Waals surface area contributed by atoms with Crippen LogP contribution in [0.2, 0.25) is 0 Å². The molecule has 2 aliphatic heterocycles. The molecule has 0 bridgehead atoms. The summed E-state index contributed by atoms with van der Waals surface area (Å²) in [4.78, 5) is 7.36. The minimum absolute atomic E-state index is 0.0360. The number of para-hydroxylation sites is 5. The predicted molar refractivity (Wildman–Crippen MR) is 250 cm³/mol. The van der Waals surface area contributed by atoms with E-state index in [9.17, 15) is 0 Å². The van der Waals surface area contributed by atoms with Crippen LogP contribution in [0.15, 0.2) is 218 Å². The number of aromatic nitrogens is 1. The van der Waals surface area contributed by atoms with E-state index in [1.807, 2.05) is 0 Å². The molecule has 9 aromatic rings. The lowest BCUT2D eigenvalue weighted by molar-refractivity contribution is 0.648. The molecule has 1 atom stereocenters. The summed E-state index contributed by atoms with van der Waals surface area (Å²) in [5.41, 5.74) is 16.9. The third-order valence-corrected chi connectivity index (χ3v) is 12.4. The normalized spacial score (nSPS) is 15.0. The van der Waals surface area contributed by atoms with Gasteiger partial charge in [-0.3, -0.25) is 0 Å². The molecule has 0 fully saturated rings. The van der Waals surface area contributed by atoms with Crippen molar-refractivity contribution in [3.8, 4) is 0 Å². The van der Waals surface area contributed by atoms with Crippen molar-refractivity contribution in [3.63, 3.8) is 0 Å². The minimum Gasteiger partial charge on any atom is -0.333 e. The quantitative estimate of drug-likeness (QED) is 0.157. The molecule has 0 N–H and O–H groups in total. The van der Waals surface area contributed by atoms with Crippen molar-refractivity contribution in [3.05, 3.63) is 218 Å². The third-order valence-electron chi connectivity index (χ3n) is 12.4. The van der Waals surface area contributed by atoms with Crippen LogP contribution < -0.4 is 31.1 Å². The number of hydrogen-bond donors (Lipinski definition) is 0. The van der Waals surface area contributed by atoms with Crippen molar-refractivity contribution in [1.82, 2.24) is 4.57 Å². The van der Waals surface area contributed by atoms with E-state index in [-0.39, 0.29) is 12.8 Å². The zero-order valence-corrected chi connectivity index (χ0v) is 32.4. The average molecular weight is 755 g/mol. The lowest BCUT2D eigenvalue weighted by Gasteiger charge is -2.44. The van der Waals surface area contributed by atoms with E-state index in [1.165, 1.54) is 60.9 Å². The van der Waals surface area contributed by atoms with Crippen molar-refractivity contribution >= 4 is 96.1 Å². The average Bonchev–Trinajstić information content (AvgIpc) is 3.64. The third kappa shape index (κ3) is 5.25. The highest BCUT2D eigenvalue weighted by Gasteiger charge is 2.43. The molecule has 8 aromatic carbocycles. The molecule has 0 saturated carbocycles. The SMILES string of the molecule is C1=CCC(n2c3ccccc3c3ccc(N4c5ccccc5B5c6ccc(N(c7ccccc7)c7ccccc7)cc6N(c6ccccc6)c6cccc4c65)cc32)C=C1. The molecule has 0 spiro atoms. The Bertz CT molecular complexity index is 3080. The molecule has 1 aliphatic carbocycles.